The zero-order chi connectivity index (χ0) is 14.3. The van der Waals surface area contributed by atoms with Crippen molar-refractivity contribution in [1.82, 2.24) is 10.6 Å². The lowest BCUT2D eigenvalue weighted by Gasteiger charge is -2.26. The number of carbonyl (C=O) groups is 2. The first-order valence-corrected chi connectivity index (χ1v) is 5.98. The number of aliphatic carboxylic acids is 1. The summed E-state index contributed by atoms with van der Waals surface area (Å²) in [6.45, 7) is 7.76. The highest BCUT2D eigenvalue weighted by Crippen LogP contribution is 2.06. The minimum absolute atomic E-state index is 0.193. The monoisotopic (exact) mass is 260 g/mol. The third-order valence-electron chi connectivity index (χ3n) is 2.27. The van der Waals surface area contributed by atoms with Crippen molar-refractivity contribution < 1.29 is 19.4 Å². The Morgan fingerprint density at radius 2 is 1.89 bits per heavy atom. The van der Waals surface area contributed by atoms with Crippen LogP contribution in [0.25, 0.3) is 0 Å². The van der Waals surface area contributed by atoms with Crippen molar-refractivity contribution in [3.63, 3.8) is 0 Å². The first-order valence-electron chi connectivity index (χ1n) is 5.98. The molecule has 0 bridgehead atoms. The Morgan fingerprint density at radius 1 is 1.33 bits per heavy atom. The van der Waals surface area contributed by atoms with Crippen LogP contribution in [-0.4, -0.2) is 42.4 Å². The summed E-state index contributed by atoms with van der Waals surface area (Å²) < 4.78 is 4.97. The van der Waals surface area contributed by atoms with Crippen LogP contribution in [0, 0.1) is 5.92 Å². The quantitative estimate of drug-likeness (QED) is 0.642. The molecule has 2 amide bonds. The van der Waals surface area contributed by atoms with Gasteiger partial charge in [0.05, 0.1) is 12.1 Å². The molecular weight excluding hydrogens is 236 g/mol. The van der Waals surface area contributed by atoms with Crippen molar-refractivity contribution >= 4 is 12.0 Å². The molecule has 0 radical (unpaired) electrons. The molecule has 6 heteroatoms. The lowest BCUT2D eigenvalue weighted by Crippen LogP contribution is -2.54. The molecule has 18 heavy (non-hydrogen) atoms. The zero-order valence-electron chi connectivity index (χ0n) is 11.7. The molecule has 0 fully saturated rings. The maximum absolute atomic E-state index is 11.7. The Bertz CT molecular complexity index is 290. The van der Waals surface area contributed by atoms with Gasteiger partial charge in [0.15, 0.2) is 0 Å². The largest absolute Gasteiger partial charge is 0.480 e. The fourth-order valence-electron chi connectivity index (χ4n) is 1.59. The van der Waals surface area contributed by atoms with Crippen LogP contribution in [0.15, 0.2) is 0 Å². The lowest BCUT2D eigenvalue weighted by molar-refractivity contribution is -0.139. The van der Waals surface area contributed by atoms with Crippen molar-refractivity contribution in [2.75, 3.05) is 13.7 Å². The van der Waals surface area contributed by atoms with Gasteiger partial charge in [0.1, 0.15) is 6.04 Å². The highest BCUT2D eigenvalue weighted by molar-refractivity contribution is 5.82. The van der Waals surface area contributed by atoms with Gasteiger partial charge in [-0.1, -0.05) is 13.8 Å². The van der Waals surface area contributed by atoms with Crippen LogP contribution < -0.4 is 10.6 Å². The van der Waals surface area contributed by atoms with Crippen molar-refractivity contribution in [1.29, 1.82) is 0 Å². The molecule has 106 valence electrons. The fourth-order valence-corrected chi connectivity index (χ4v) is 1.59. The number of amides is 2. The van der Waals surface area contributed by atoms with Gasteiger partial charge in [-0.05, 0) is 26.2 Å². The maximum Gasteiger partial charge on any atom is 0.326 e. The van der Waals surface area contributed by atoms with Crippen molar-refractivity contribution in [2.45, 2.75) is 45.7 Å². The number of ether oxygens (including phenoxy) is 1. The fraction of sp³-hybridized carbons (Fsp3) is 0.833. The molecule has 0 spiro atoms. The number of nitrogens with one attached hydrogen (secondary N) is 2. The molecule has 0 heterocycles. The minimum Gasteiger partial charge on any atom is -0.480 e. The van der Waals surface area contributed by atoms with E-state index in [0.717, 1.165) is 0 Å². The van der Waals surface area contributed by atoms with E-state index >= 15 is 0 Å². The van der Waals surface area contributed by atoms with Crippen LogP contribution in [0.1, 0.15) is 34.1 Å². The van der Waals surface area contributed by atoms with Crippen LogP contribution in [-0.2, 0) is 9.53 Å². The predicted octanol–water partition coefficient (Wildman–Crippen LogP) is 1.21. The van der Waals surface area contributed by atoms with Gasteiger partial charge in [-0.2, -0.15) is 0 Å². The molecule has 0 aliphatic heterocycles. The Hall–Kier alpha value is -1.30. The van der Waals surface area contributed by atoms with Gasteiger partial charge in [0, 0.05) is 7.11 Å². The van der Waals surface area contributed by atoms with Crippen molar-refractivity contribution in [3.8, 4) is 0 Å². The molecule has 0 aromatic carbocycles. The molecular formula is C12H24N2O4. The molecule has 0 rings (SSSR count). The number of hydrogen-bond donors (Lipinski definition) is 3. The number of methoxy groups -OCH3 is 1. The van der Waals surface area contributed by atoms with E-state index in [9.17, 15) is 9.59 Å². The minimum atomic E-state index is -1.02. The Kier molecular flexibility index (Phi) is 6.68. The second kappa shape index (κ2) is 7.20. The molecule has 0 aliphatic carbocycles. The van der Waals surface area contributed by atoms with Crippen LogP contribution in [0.3, 0.4) is 0 Å². The maximum atomic E-state index is 11.7. The number of carboxylic acid groups (broad SMARTS) is 1. The SMILES string of the molecule is COCC(C)(C)NC(=O)N[C@@H](CC(C)C)C(=O)O. The summed E-state index contributed by atoms with van der Waals surface area (Å²) in [4.78, 5) is 22.7. The van der Waals surface area contributed by atoms with E-state index in [-0.39, 0.29) is 5.92 Å². The Balaban J connectivity index is 4.38. The Morgan fingerprint density at radius 3 is 2.28 bits per heavy atom. The summed E-state index contributed by atoms with van der Waals surface area (Å²) in [7, 11) is 1.54. The molecule has 0 aliphatic rings. The molecule has 0 aromatic heterocycles. The normalized spacial score (nSPS) is 13.2. The highest BCUT2D eigenvalue weighted by atomic mass is 16.5. The summed E-state index contributed by atoms with van der Waals surface area (Å²) >= 11 is 0. The van der Waals surface area contributed by atoms with E-state index in [1.54, 1.807) is 21.0 Å². The van der Waals surface area contributed by atoms with Crippen molar-refractivity contribution in [3.05, 3.63) is 0 Å². The van der Waals surface area contributed by atoms with E-state index in [1.807, 2.05) is 13.8 Å². The summed E-state index contributed by atoms with van der Waals surface area (Å²) in [5.41, 5.74) is -0.542. The van der Waals surface area contributed by atoms with Crippen LogP contribution in [0.2, 0.25) is 0 Å². The van der Waals surface area contributed by atoms with Gasteiger partial charge in [0.25, 0.3) is 0 Å². The number of hydrogen-bond acceptors (Lipinski definition) is 3. The van der Waals surface area contributed by atoms with Gasteiger partial charge in [-0.25, -0.2) is 9.59 Å². The molecule has 6 nitrogen and oxygen atoms in total. The number of carbonyl (C=O) groups excluding carboxylic acids is 1. The van der Waals surface area contributed by atoms with Crippen LogP contribution >= 0.6 is 0 Å². The van der Waals surface area contributed by atoms with E-state index in [4.69, 9.17) is 9.84 Å². The number of carboxylic acids is 1. The van der Waals surface area contributed by atoms with Gasteiger partial charge in [-0.15, -0.1) is 0 Å². The summed E-state index contributed by atoms with van der Waals surface area (Å²) in [5, 5.41) is 14.1. The third kappa shape index (κ3) is 7.11. The first kappa shape index (κ1) is 16.7. The molecule has 3 N–H and O–H groups in total. The first-order chi connectivity index (χ1) is 8.18. The van der Waals surface area contributed by atoms with E-state index in [2.05, 4.69) is 10.6 Å². The van der Waals surface area contributed by atoms with Gasteiger partial charge in [0.2, 0.25) is 0 Å². The average Bonchev–Trinajstić information content (AvgIpc) is 2.14. The van der Waals surface area contributed by atoms with Gasteiger partial charge in [-0.3, -0.25) is 0 Å². The van der Waals surface area contributed by atoms with E-state index in [1.165, 1.54) is 0 Å². The summed E-state index contributed by atoms with van der Waals surface area (Å²) in [5.74, 6) is -0.832. The summed E-state index contributed by atoms with van der Waals surface area (Å²) in [6, 6.07) is -1.37. The van der Waals surface area contributed by atoms with Crippen molar-refractivity contribution in [2.24, 2.45) is 5.92 Å². The summed E-state index contributed by atoms with van der Waals surface area (Å²) in [6.07, 6.45) is 0.396. The average molecular weight is 260 g/mol. The predicted molar refractivity (Wildman–Crippen MR) is 68.5 cm³/mol. The van der Waals surface area contributed by atoms with E-state index < -0.39 is 23.6 Å². The Labute approximate surface area is 108 Å². The van der Waals surface area contributed by atoms with Gasteiger partial charge >= 0.3 is 12.0 Å². The van der Waals surface area contributed by atoms with Crippen LogP contribution in [0.4, 0.5) is 4.79 Å². The van der Waals surface area contributed by atoms with Crippen LogP contribution in [0.5, 0.6) is 0 Å². The molecule has 0 saturated carbocycles. The zero-order valence-corrected chi connectivity index (χ0v) is 11.7. The number of urea groups is 1. The number of rotatable bonds is 7. The second-order valence-corrected chi connectivity index (χ2v) is 5.44. The third-order valence-corrected chi connectivity index (χ3v) is 2.27. The lowest BCUT2D eigenvalue weighted by atomic mass is 10.0. The molecule has 0 aromatic rings. The standard InChI is InChI=1S/C12H24N2O4/c1-8(2)6-9(10(15)16)13-11(17)14-12(3,4)7-18-5/h8-9H,6-7H2,1-5H3,(H,15,16)(H2,13,14,17)/t9-/m0/s1. The molecule has 1 atom stereocenters. The van der Waals surface area contributed by atoms with E-state index in [0.29, 0.717) is 13.0 Å². The topological polar surface area (TPSA) is 87.7 Å². The highest BCUT2D eigenvalue weighted by Gasteiger charge is 2.25. The smallest absolute Gasteiger partial charge is 0.326 e. The molecule has 0 unspecified atom stereocenters. The van der Waals surface area contributed by atoms with Gasteiger partial charge < -0.3 is 20.5 Å². The second-order valence-electron chi connectivity index (χ2n) is 5.44. The molecule has 0 saturated heterocycles.